The minimum absolute atomic E-state index is 0.316. The predicted molar refractivity (Wildman–Crippen MR) is 45.6 cm³/mol. The molecule has 0 atom stereocenters. The topological polar surface area (TPSA) is 26.3 Å². The SMILES string of the molecule is CCO/C=C/C(=O)C(C)(C)C(F)(F)F. The van der Waals surface area contributed by atoms with Crippen LogP contribution in [0.3, 0.4) is 0 Å². The first kappa shape index (κ1) is 13.0. The molecule has 0 unspecified atom stereocenters. The molecule has 0 amide bonds. The Kier molecular flexibility index (Phi) is 4.16. The summed E-state index contributed by atoms with van der Waals surface area (Å²) in [6.45, 7) is 3.66. The van der Waals surface area contributed by atoms with Gasteiger partial charge in [-0.3, -0.25) is 4.79 Å². The van der Waals surface area contributed by atoms with Crippen LogP contribution >= 0.6 is 0 Å². The van der Waals surface area contributed by atoms with Gasteiger partial charge in [0.2, 0.25) is 0 Å². The molecule has 2 nitrogen and oxygen atoms in total. The molecule has 0 aromatic heterocycles. The van der Waals surface area contributed by atoms with Crippen molar-refractivity contribution in [3.05, 3.63) is 12.3 Å². The van der Waals surface area contributed by atoms with E-state index in [9.17, 15) is 18.0 Å². The molecule has 0 saturated carbocycles. The van der Waals surface area contributed by atoms with E-state index in [0.29, 0.717) is 6.61 Å². The standard InChI is InChI=1S/C9H13F3O2/c1-4-14-6-5-7(13)8(2,3)9(10,11)12/h5-6H,4H2,1-3H3/b6-5+. The number of ether oxygens (including phenoxy) is 1. The van der Waals surface area contributed by atoms with Gasteiger partial charge >= 0.3 is 6.18 Å². The average molecular weight is 210 g/mol. The second-order valence-electron chi connectivity index (χ2n) is 3.25. The van der Waals surface area contributed by atoms with Crippen LogP contribution in [-0.4, -0.2) is 18.6 Å². The second kappa shape index (κ2) is 4.48. The highest BCUT2D eigenvalue weighted by molar-refractivity contribution is 5.94. The molecule has 0 N–H and O–H groups in total. The first-order chi connectivity index (χ1) is 6.23. The zero-order chi connectivity index (χ0) is 11.4. The van der Waals surface area contributed by atoms with Crippen LogP contribution in [0, 0.1) is 5.41 Å². The monoisotopic (exact) mass is 210 g/mol. The Bertz CT molecular complexity index is 229. The number of carbonyl (C=O) groups is 1. The number of rotatable bonds is 4. The molecule has 0 aromatic rings. The molecular formula is C9H13F3O2. The maximum absolute atomic E-state index is 12.3. The molecule has 5 heteroatoms. The normalized spacial score (nSPS) is 13.3. The number of ketones is 1. The van der Waals surface area contributed by atoms with E-state index in [1.54, 1.807) is 6.92 Å². The third kappa shape index (κ3) is 3.05. The van der Waals surface area contributed by atoms with Gasteiger partial charge in [0.05, 0.1) is 12.9 Å². The van der Waals surface area contributed by atoms with Crippen molar-refractivity contribution in [2.45, 2.75) is 26.9 Å². The molecule has 0 bridgehead atoms. The van der Waals surface area contributed by atoms with Crippen molar-refractivity contribution in [1.82, 2.24) is 0 Å². The Morgan fingerprint density at radius 1 is 1.36 bits per heavy atom. The van der Waals surface area contributed by atoms with Crippen LogP contribution in [-0.2, 0) is 9.53 Å². The van der Waals surface area contributed by atoms with Crippen LogP contribution in [0.15, 0.2) is 12.3 Å². The third-order valence-electron chi connectivity index (χ3n) is 1.81. The Labute approximate surface area is 80.7 Å². The van der Waals surface area contributed by atoms with Crippen molar-refractivity contribution >= 4 is 5.78 Å². The van der Waals surface area contributed by atoms with E-state index >= 15 is 0 Å². The maximum atomic E-state index is 12.3. The van der Waals surface area contributed by atoms with Crippen molar-refractivity contribution in [3.63, 3.8) is 0 Å². The fourth-order valence-electron chi connectivity index (χ4n) is 0.554. The molecular weight excluding hydrogens is 197 g/mol. The van der Waals surface area contributed by atoms with Gasteiger partial charge in [0.25, 0.3) is 0 Å². The summed E-state index contributed by atoms with van der Waals surface area (Å²) in [5.41, 5.74) is -2.36. The minimum Gasteiger partial charge on any atom is -0.501 e. The van der Waals surface area contributed by atoms with Gasteiger partial charge in [0, 0.05) is 6.08 Å². The quantitative estimate of drug-likeness (QED) is 0.526. The van der Waals surface area contributed by atoms with Crippen molar-refractivity contribution in [2.24, 2.45) is 5.41 Å². The molecule has 0 aliphatic carbocycles. The largest absolute Gasteiger partial charge is 0.501 e. The van der Waals surface area contributed by atoms with Gasteiger partial charge in [0.1, 0.15) is 5.41 Å². The Hall–Kier alpha value is -1.00. The molecule has 0 saturated heterocycles. The molecule has 0 heterocycles. The van der Waals surface area contributed by atoms with E-state index in [1.165, 1.54) is 0 Å². The number of hydrogen-bond donors (Lipinski definition) is 0. The fourth-order valence-corrected chi connectivity index (χ4v) is 0.554. The van der Waals surface area contributed by atoms with Crippen molar-refractivity contribution < 1.29 is 22.7 Å². The molecule has 0 rings (SSSR count). The average Bonchev–Trinajstić information content (AvgIpc) is 2.02. The van der Waals surface area contributed by atoms with Gasteiger partial charge in [-0.1, -0.05) is 0 Å². The molecule has 0 aliphatic rings. The van der Waals surface area contributed by atoms with Gasteiger partial charge < -0.3 is 4.74 Å². The maximum Gasteiger partial charge on any atom is 0.401 e. The molecule has 14 heavy (non-hydrogen) atoms. The smallest absolute Gasteiger partial charge is 0.401 e. The summed E-state index contributed by atoms with van der Waals surface area (Å²) in [5.74, 6) is -1.02. The number of carbonyl (C=O) groups excluding carboxylic acids is 1. The van der Waals surface area contributed by atoms with E-state index < -0.39 is 17.4 Å². The zero-order valence-electron chi connectivity index (χ0n) is 8.31. The lowest BCUT2D eigenvalue weighted by atomic mass is 9.87. The highest BCUT2D eigenvalue weighted by atomic mass is 19.4. The zero-order valence-corrected chi connectivity index (χ0v) is 8.31. The molecule has 0 aliphatic heterocycles. The highest BCUT2D eigenvalue weighted by Crippen LogP contribution is 2.38. The minimum atomic E-state index is -4.54. The summed E-state index contributed by atoms with van der Waals surface area (Å²) in [6.07, 6.45) is -2.76. The first-order valence-electron chi connectivity index (χ1n) is 4.12. The Morgan fingerprint density at radius 3 is 2.21 bits per heavy atom. The van der Waals surface area contributed by atoms with Crippen molar-refractivity contribution in [3.8, 4) is 0 Å². The van der Waals surface area contributed by atoms with E-state index in [4.69, 9.17) is 0 Å². The van der Waals surface area contributed by atoms with Gasteiger partial charge in [-0.25, -0.2) is 0 Å². The van der Waals surface area contributed by atoms with E-state index in [1.807, 2.05) is 0 Å². The third-order valence-corrected chi connectivity index (χ3v) is 1.81. The van der Waals surface area contributed by atoms with E-state index in [-0.39, 0.29) is 0 Å². The van der Waals surface area contributed by atoms with Crippen LogP contribution in [0.25, 0.3) is 0 Å². The van der Waals surface area contributed by atoms with Crippen LogP contribution in [0.1, 0.15) is 20.8 Å². The Morgan fingerprint density at radius 2 is 1.86 bits per heavy atom. The van der Waals surface area contributed by atoms with Crippen LogP contribution in [0.5, 0.6) is 0 Å². The molecule has 0 fully saturated rings. The summed E-state index contributed by atoms with van der Waals surface area (Å²) in [5, 5.41) is 0. The second-order valence-corrected chi connectivity index (χ2v) is 3.25. The van der Waals surface area contributed by atoms with Gasteiger partial charge in [-0.15, -0.1) is 0 Å². The predicted octanol–water partition coefficient (Wildman–Crippen LogP) is 2.69. The molecule has 82 valence electrons. The number of halogens is 3. The lowest BCUT2D eigenvalue weighted by Gasteiger charge is -2.24. The number of allylic oxidation sites excluding steroid dienone is 1. The molecule has 0 radical (unpaired) electrons. The lowest BCUT2D eigenvalue weighted by molar-refractivity contribution is -0.207. The highest BCUT2D eigenvalue weighted by Gasteiger charge is 2.51. The van der Waals surface area contributed by atoms with Gasteiger partial charge in [0.15, 0.2) is 5.78 Å². The summed E-state index contributed by atoms with van der Waals surface area (Å²) in [4.78, 5) is 11.1. The first-order valence-corrected chi connectivity index (χ1v) is 4.12. The van der Waals surface area contributed by atoms with E-state index in [2.05, 4.69) is 4.74 Å². The molecule has 0 aromatic carbocycles. The fraction of sp³-hybridized carbons (Fsp3) is 0.667. The van der Waals surface area contributed by atoms with Crippen LogP contribution in [0.4, 0.5) is 13.2 Å². The molecule has 0 spiro atoms. The summed E-state index contributed by atoms with van der Waals surface area (Å²) >= 11 is 0. The van der Waals surface area contributed by atoms with Crippen LogP contribution < -0.4 is 0 Å². The van der Waals surface area contributed by atoms with Crippen LogP contribution in [0.2, 0.25) is 0 Å². The van der Waals surface area contributed by atoms with Crippen molar-refractivity contribution in [1.29, 1.82) is 0 Å². The number of alkyl halides is 3. The van der Waals surface area contributed by atoms with Gasteiger partial charge in [-0.2, -0.15) is 13.2 Å². The summed E-state index contributed by atoms with van der Waals surface area (Å²) in [6, 6.07) is 0. The summed E-state index contributed by atoms with van der Waals surface area (Å²) < 4.78 is 41.5. The lowest BCUT2D eigenvalue weighted by Crippen LogP contribution is -2.38. The van der Waals surface area contributed by atoms with Gasteiger partial charge in [-0.05, 0) is 20.8 Å². The van der Waals surface area contributed by atoms with E-state index in [0.717, 1.165) is 26.2 Å². The number of hydrogen-bond acceptors (Lipinski definition) is 2. The summed E-state index contributed by atoms with van der Waals surface area (Å²) in [7, 11) is 0. The Balaban J connectivity index is 4.52. The van der Waals surface area contributed by atoms with Crippen molar-refractivity contribution in [2.75, 3.05) is 6.61 Å².